The van der Waals surface area contributed by atoms with Gasteiger partial charge in [0.05, 0.1) is 24.7 Å². The molecule has 0 spiro atoms. The summed E-state index contributed by atoms with van der Waals surface area (Å²) in [6.45, 7) is 6.19. The summed E-state index contributed by atoms with van der Waals surface area (Å²) in [7, 11) is 0. The first-order valence-corrected chi connectivity index (χ1v) is 8.91. The molecule has 2 saturated heterocycles. The van der Waals surface area contributed by atoms with Crippen LogP contribution >= 0.6 is 0 Å². The molecule has 0 bridgehead atoms. The second kappa shape index (κ2) is 7.15. The first-order chi connectivity index (χ1) is 12.3. The van der Waals surface area contributed by atoms with Gasteiger partial charge in [-0.25, -0.2) is 9.59 Å². The zero-order valence-corrected chi connectivity index (χ0v) is 15.4. The van der Waals surface area contributed by atoms with Crippen molar-refractivity contribution in [2.24, 2.45) is 0 Å². The number of carbonyl (C=O) groups excluding carboxylic acids is 2. The quantitative estimate of drug-likeness (QED) is 0.874. The number of fused-ring (bicyclic) bond motifs is 1. The Hall–Kier alpha value is -2.28. The molecule has 0 unspecified atom stereocenters. The number of hydrogen-bond donors (Lipinski definition) is 1. The number of ether oxygens (including phenoxy) is 2. The van der Waals surface area contributed by atoms with E-state index in [1.54, 1.807) is 20.8 Å². The van der Waals surface area contributed by atoms with Gasteiger partial charge in [0.1, 0.15) is 12.2 Å². The molecule has 0 aromatic heterocycles. The number of nitrogens with zero attached hydrogens (tertiary/aromatic N) is 2. The molecule has 7 nitrogen and oxygen atoms in total. The number of amides is 2. The van der Waals surface area contributed by atoms with Crippen LogP contribution in [0.25, 0.3) is 0 Å². The van der Waals surface area contributed by atoms with Gasteiger partial charge in [-0.2, -0.15) is 0 Å². The van der Waals surface area contributed by atoms with Gasteiger partial charge in [-0.15, -0.1) is 0 Å². The molecule has 0 saturated carbocycles. The highest BCUT2D eigenvalue weighted by atomic mass is 16.6. The molecule has 0 radical (unpaired) electrons. The van der Waals surface area contributed by atoms with Crippen LogP contribution in [-0.2, 0) is 16.1 Å². The molecule has 3 rings (SSSR count). The molecule has 1 N–H and O–H groups in total. The van der Waals surface area contributed by atoms with E-state index < -0.39 is 29.9 Å². The highest BCUT2D eigenvalue weighted by molar-refractivity contribution is 5.72. The predicted molar refractivity (Wildman–Crippen MR) is 94.5 cm³/mol. The van der Waals surface area contributed by atoms with E-state index in [9.17, 15) is 14.7 Å². The van der Waals surface area contributed by atoms with Crippen molar-refractivity contribution in [1.29, 1.82) is 0 Å². The molecule has 2 fully saturated rings. The van der Waals surface area contributed by atoms with Crippen LogP contribution in [0.15, 0.2) is 30.3 Å². The van der Waals surface area contributed by atoms with Gasteiger partial charge < -0.3 is 24.4 Å². The smallest absolute Gasteiger partial charge is 0.410 e. The summed E-state index contributed by atoms with van der Waals surface area (Å²) in [5.41, 5.74) is 0.298. The van der Waals surface area contributed by atoms with Crippen LogP contribution in [0.3, 0.4) is 0 Å². The molecule has 26 heavy (non-hydrogen) atoms. The highest BCUT2D eigenvalue weighted by Gasteiger charge is 2.52. The Morgan fingerprint density at radius 3 is 2.50 bits per heavy atom. The van der Waals surface area contributed by atoms with E-state index >= 15 is 0 Å². The molecular weight excluding hydrogens is 336 g/mol. The Balaban J connectivity index is 1.62. The molecule has 2 amide bonds. The first kappa shape index (κ1) is 18.5. The lowest BCUT2D eigenvalue weighted by atomic mass is 10.1. The molecule has 2 heterocycles. The Labute approximate surface area is 153 Å². The molecule has 0 aliphatic carbocycles. The molecule has 2 aliphatic heterocycles. The molecule has 2 aliphatic rings. The maximum atomic E-state index is 12.5. The standard InChI is InChI=1S/C19H26N2O5/c1-19(2,3)26-18(24)21-11-15(22)16-14(21)9-10-20(16)17(23)25-12-13-7-5-4-6-8-13/h4-8,14-16,22H,9-12H2,1-3H3/t14-,15+,16+/m1/s1. The lowest BCUT2D eigenvalue weighted by Crippen LogP contribution is -2.45. The minimum absolute atomic E-state index is 0.159. The van der Waals surface area contributed by atoms with E-state index in [4.69, 9.17) is 9.47 Å². The van der Waals surface area contributed by atoms with E-state index in [1.807, 2.05) is 30.3 Å². The first-order valence-electron chi connectivity index (χ1n) is 8.91. The fourth-order valence-corrected chi connectivity index (χ4v) is 3.59. The van der Waals surface area contributed by atoms with Crippen LogP contribution < -0.4 is 0 Å². The van der Waals surface area contributed by atoms with E-state index in [-0.39, 0.29) is 19.2 Å². The maximum absolute atomic E-state index is 12.5. The second-order valence-corrected chi connectivity index (χ2v) is 7.78. The lowest BCUT2D eigenvalue weighted by Gasteiger charge is -2.28. The van der Waals surface area contributed by atoms with Crippen LogP contribution in [0.4, 0.5) is 9.59 Å². The van der Waals surface area contributed by atoms with Crippen LogP contribution in [0.5, 0.6) is 0 Å². The topological polar surface area (TPSA) is 79.3 Å². The Kier molecular flexibility index (Phi) is 5.09. The van der Waals surface area contributed by atoms with Gasteiger partial charge in [-0.05, 0) is 32.8 Å². The number of β-amino-alcohol motifs (C(OH)–C–C–N with tert-alkyl or cyclic N) is 1. The van der Waals surface area contributed by atoms with Crippen molar-refractivity contribution in [1.82, 2.24) is 9.80 Å². The van der Waals surface area contributed by atoms with Gasteiger partial charge in [0.15, 0.2) is 0 Å². The summed E-state index contributed by atoms with van der Waals surface area (Å²) in [6.07, 6.45) is -1.13. The summed E-state index contributed by atoms with van der Waals surface area (Å²) in [5, 5.41) is 10.4. The van der Waals surface area contributed by atoms with Crippen LogP contribution in [0, 0.1) is 0 Å². The summed E-state index contributed by atoms with van der Waals surface area (Å²) < 4.78 is 10.8. The Morgan fingerprint density at radius 2 is 1.85 bits per heavy atom. The molecule has 1 aromatic carbocycles. The fraction of sp³-hybridized carbons (Fsp3) is 0.579. The lowest BCUT2D eigenvalue weighted by molar-refractivity contribution is 0.0209. The van der Waals surface area contributed by atoms with Gasteiger partial charge >= 0.3 is 12.2 Å². The fourth-order valence-electron chi connectivity index (χ4n) is 3.59. The number of aliphatic hydroxyl groups is 1. The van der Waals surface area contributed by atoms with Crippen LogP contribution in [-0.4, -0.2) is 64.0 Å². The van der Waals surface area contributed by atoms with Gasteiger partial charge in [-0.1, -0.05) is 30.3 Å². The van der Waals surface area contributed by atoms with Crippen molar-refractivity contribution in [2.75, 3.05) is 13.1 Å². The van der Waals surface area contributed by atoms with Gasteiger partial charge in [0.2, 0.25) is 0 Å². The van der Waals surface area contributed by atoms with Gasteiger partial charge in [-0.3, -0.25) is 0 Å². The van der Waals surface area contributed by atoms with Gasteiger partial charge in [0, 0.05) is 6.54 Å². The number of likely N-dealkylation sites (tertiary alicyclic amines) is 2. The van der Waals surface area contributed by atoms with Crippen molar-refractivity contribution in [3.63, 3.8) is 0 Å². The van der Waals surface area contributed by atoms with Crippen molar-refractivity contribution < 1.29 is 24.2 Å². The average molecular weight is 362 g/mol. The van der Waals surface area contributed by atoms with E-state index in [2.05, 4.69) is 0 Å². The third-order valence-electron chi connectivity index (χ3n) is 4.67. The van der Waals surface area contributed by atoms with Crippen molar-refractivity contribution in [3.8, 4) is 0 Å². The third-order valence-corrected chi connectivity index (χ3v) is 4.67. The van der Waals surface area contributed by atoms with E-state index in [0.717, 1.165) is 5.56 Å². The SMILES string of the molecule is CC(C)(C)OC(=O)N1C[C@H](O)[C@@H]2[C@H]1CCN2C(=O)OCc1ccccc1. The highest BCUT2D eigenvalue weighted by Crippen LogP contribution is 2.33. The summed E-state index contributed by atoms with van der Waals surface area (Å²) in [4.78, 5) is 27.9. The number of rotatable bonds is 2. The van der Waals surface area contributed by atoms with Crippen LogP contribution in [0.1, 0.15) is 32.8 Å². The normalized spacial score (nSPS) is 25.2. The molecule has 1 aromatic rings. The van der Waals surface area contributed by atoms with Crippen molar-refractivity contribution in [2.45, 2.75) is 57.6 Å². The number of benzene rings is 1. The molecular formula is C19H26N2O5. The molecule has 3 atom stereocenters. The van der Waals surface area contributed by atoms with Gasteiger partial charge in [0.25, 0.3) is 0 Å². The van der Waals surface area contributed by atoms with E-state index in [1.165, 1.54) is 9.80 Å². The molecule has 142 valence electrons. The minimum Gasteiger partial charge on any atom is -0.445 e. The Bertz CT molecular complexity index is 658. The zero-order chi connectivity index (χ0) is 18.9. The molecule has 7 heteroatoms. The van der Waals surface area contributed by atoms with Crippen molar-refractivity contribution in [3.05, 3.63) is 35.9 Å². The monoisotopic (exact) mass is 362 g/mol. The second-order valence-electron chi connectivity index (χ2n) is 7.78. The summed E-state index contributed by atoms with van der Waals surface area (Å²) >= 11 is 0. The minimum atomic E-state index is -0.806. The predicted octanol–water partition coefficient (Wildman–Crippen LogP) is 2.38. The number of aliphatic hydroxyl groups excluding tert-OH is 1. The largest absolute Gasteiger partial charge is 0.445 e. The number of hydrogen-bond acceptors (Lipinski definition) is 5. The zero-order valence-electron chi connectivity index (χ0n) is 15.4. The average Bonchev–Trinajstić information content (AvgIpc) is 3.14. The maximum Gasteiger partial charge on any atom is 0.410 e. The Morgan fingerprint density at radius 1 is 1.15 bits per heavy atom. The van der Waals surface area contributed by atoms with Crippen molar-refractivity contribution >= 4 is 12.2 Å². The summed E-state index contributed by atoms with van der Waals surface area (Å²) in [6, 6.07) is 8.73. The van der Waals surface area contributed by atoms with E-state index in [0.29, 0.717) is 13.0 Å². The number of carbonyl (C=O) groups is 2. The third kappa shape index (κ3) is 3.93. The summed E-state index contributed by atoms with van der Waals surface area (Å²) in [5.74, 6) is 0. The van der Waals surface area contributed by atoms with Crippen LogP contribution in [0.2, 0.25) is 0 Å².